The molecule has 1 aromatic heterocycles. The van der Waals surface area contributed by atoms with Crippen LogP contribution in [0, 0.1) is 0 Å². The second-order valence-electron chi connectivity index (χ2n) is 4.24. The fourth-order valence-corrected chi connectivity index (χ4v) is 1.97. The van der Waals surface area contributed by atoms with Crippen LogP contribution in [0.4, 0.5) is 0 Å². The van der Waals surface area contributed by atoms with E-state index in [1.807, 2.05) is 6.07 Å². The number of hydrogen-bond donors (Lipinski definition) is 3. The molecule has 0 radical (unpaired) electrons. The summed E-state index contributed by atoms with van der Waals surface area (Å²) in [6.07, 6.45) is 0.801. The Morgan fingerprint density at radius 2 is 2.11 bits per heavy atom. The maximum atomic E-state index is 11.9. The number of rotatable bonds is 5. The van der Waals surface area contributed by atoms with Crippen LogP contribution in [0.5, 0.6) is 0 Å². The van der Waals surface area contributed by atoms with Crippen molar-refractivity contribution in [1.29, 1.82) is 0 Å². The number of aromatic amines is 1. The van der Waals surface area contributed by atoms with Crippen LogP contribution in [0.25, 0.3) is 10.9 Å². The third-order valence-electron chi connectivity index (χ3n) is 2.71. The minimum absolute atomic E-state index is 0.211. The number of carbonyl (C=O) groups excluding carboxylic acids is 2. The zero-order valence-electron chi connectivity index (χ0n) is 10.2. The molecule has 19 heavy (non-hydrogen) atoms. The molecular weight excluding hydrogens is 266 g/mol. The summed E-state index contributed by atoms with van der Waals surface area (Å²) in [4.78, 5) is 25.4. The first kappa shape index (κ1) is 13.4. The zero-order valence-corrected chi connectivity index (χ0v) is 11.0. The van der Waals surface area contributed by atoms with Gasteiger partial charge in [-0.2, -0.15) is 0 Å². The molecule has 0 unspecified atom stereocenters. The SMILES string of the molecule is NC(=O)CCCNC(=O)c1cc2cc(Cl)ccc2[nH]1. The molecule has 2 rings (SSSR count). The lowest BCUT2D eigenvalue weighted by Crippen LogP contribution is -2.25. The normalized spacial score (nSPS) is 10.6. The van der Waals surface area contributed by atoms with Gasteiger partial charge in [0.1, 0.15) is 5.69 Å². The van der Waals surface area contributed by atoms with Gasteiger partial charge in [0.15, 0.2) is 0 Å². The summed E-state index contributed by atoms with van der Waals surface area (Å²) in [6.45, 7) is 0.415. The van der Waals surface area contributed by atoms with E-state index >= 15 is 0 Å². The molecule has 6 heteroatoms. The van der Waals surface area contributed by atoms with Gasteiger partial charge in [-0.15, -0.1) is 0 Å². The van der Waals surface area contributed by atoms with E-state index in [2.05, 4.69) is 10.3 Å². The largest absolute Gasteiger partial charge is 0.370 e. The van der Waals surface area contributed by atoms with E-state index in [1.165, 1.54) is 0 Å². The number of carbonyl (C=O) groups is 2. The number of hydrogen-bond acceptors (Lipinski definition) is 2. The van der Waals surface area contributed by atoms with Crippen LogP contribution in [-0.2, 0) is 4.79 Å². The molecule has 0 bridgehead atoms. The summed E-state index contributed by atoms with van der Waals surface area (Å²) < 4.78 is 0. The summed E-state index contributed by atoms with van der Waals surface area (Å²) in [5.74, 6) is -0.578. The molecular formula is C13H14ClN3O2. The monoisotopic (exact) mass is 279 g/mol. The van der Waals surface area contributed by atoms with Gasteiger partial charge in [-0.3, -0.25) is 9.59 Å². The van der Waals surface area contributed by atoms with Crippen LogP contribution in [-0.4, -0.2) is 23.3 Å². The topological polar surface area (TPSA) is 88.0 Å². The van der Waals surface area contributed by atoms with Crippen molar-refractivity contribution in [2.75, 3.05) is 6.54 Å². The number of halogens is 1. The number of fused-ring (bicyclic) bond motifs is 1. The number of aromatic nitrogens is 1. The second-order valence-corrected chi connectivity index (χ2v) is 4.68. The van der Waals surface area contributed by atoms with E-state index in [0.717, 1.165) is 10.9 Å². The average Bonchev–Trinajstić information content (AvgIpc) is 2.77. The van der Waals surface area contributed by atoms with Crippen molar-refractivity contribution in [3.05, 3.63) is 35.0 Å². The van der Waals surface area contributed by atoms with Crippen molar-refractivity contribution in [1.82, 2.24) is 10.3 Å². The Kier molecular flexibility index (Phi) is 4.06. The zero-order chi connectivity index (χ0) is 13.8. The summed E-state index contributed by atoms with van der Waals surface area (Å²) in [5.41, 5.74) is 6.34. The van der Waals surface area contributed by atoms with Gasteiger partial charge in [0, 0.05) is 28.9 Å². The van der Waals surface area contributed by atoms with Crippen molar-refractivity contribution >= 4 is 34.3 Å². The van der Waals surface area contributed by atoms with Crippen molar-refractivity contribution in [3.63, 3.8) is 0 Å². The Balaban J connectivity index is 1.99. The first-order chi connectivity index (χ1) is 9.06. The molecule has 2 aromatic rings. The average molecular weight is 280 g/mol. The Labute approximate surface area is 115 Å². The molecule has 0 saturated carbocycles. The lowest BCUT2D eigenvalue weighted by molar-refractivity contribution is -0.118. The molecule has 2 amide bonds. The fraction of sp³-hybridized carbons (Fsp3) is 0.231. The van der Waals surface area contributed by atoms with Crippen molar-refractivity contribution < 1.29 is 9.59 Å². The number of amides is 2. The van der Waals surface area contributed by atoms with E-state index in [9.17, 15) is 9.59 Å². The van der Waals surface area contributed by atoms with E-state index in [1.54, 1.807) is 18.2 Å². The molecule has 0 spiro atoms. The standard InChI is InChI=1S/C13H14ClN3O2/c14-9-3-4-10-8(6-9)7-11(17-10)13(19)16-5-1-2-12(15)18/h3-4,6-7,17H,1-2,5H2,(H2,15,18)(H,16,19). The minimum Gasteiger partial charge on any atom is -0.370 e. The van der Waals surface area contributed by atoms with Gasteiger partial charge in [-0.1, -0.05) is 11.6 Å². The van der Waals surface area contributed by atoms with Crippen molar-refractivity contribution in [3.8, 4) is 0 Å². The van der Waals surface area contributed by atoms with E-state index in [4.69, 9.17) is 17.3 Å². The first-order valence-corrected chi connectivity index (χ1v) is 6.29. The molecule has 0 aliphatic heterocycles. The molecule has 0 fully saturated rings. The number of H-pyrrole nitrogens is 1. The van der Waals surface area contributed by atoms with Gasteiger partial charge in [-0.05, 0) is 30.7 Å². The van der Waals surface area contributed by atoms with Gasteiger partial charge in [0.05, 0.1) is 0 Å². The number of nitrogens with two attached hydrogens (primary N) is 1. The predicted molar refractivity (Wildman–Crippen MR) is 74.1 cm³/mol. The summed E-state index contributed by atoms with van der Waals surface area (Å²) in [5, 5.41) is 4.23. The Hall–Kier alpha value is -2.01. The van der Waals surface area contributed by atoms with E-state index in [-0.39, 0.29) is 18.2 Å². The van der Waals surface area contributed by atoms with Gasteiger partial charge >= 0.3 is 0 Å². The molecule has 0 saturated heterocycles. The summed E-state index contributed by atoms with van der Waals surface area (Å²) >= 11 is 5.88. The van der Waals surface area contributed by atoms with Gasteiger partial charge in [0.25, 0.3) is 5.91 Å². The van der Waals surface area contributed by atoms with Crippen LogP contribution in [0.2, 0.25) is 5.02 Å². The predicted octanol–water partition coefficient (Wildman–Crippen LogP) is 1.82. The lowest BCUT2D eigenvalue weighted by Gasteiger charge is -2.01. The van der Waals surface area contributed by atoms with E-state index < -0.39 is 0 Å². The summed E-state index contributed by atoms with van der Waals surface area (Å²) in [6, 6.07) is 7.11. The van der Waals surface area contributed by atoms with Crippen LogP contribution in [0.3, 0.4) is 0 Å². The highest BCUT2D eigenvalue weighted by Crippen LogP contribution is 2.19. The highest BCUT2D eigenvalue weighted by Gasteiger charge is 2.09. The van der Waals surface area contributed by atoms with Crippen LogP contribution in [0.15, 0.2) is 24.3 Å². The third kappa shape index (κ3) is 3.48. The second kappa shape index (κ2) is 5.75. The maximum absolute atomic E-state index is 11.9. The minimum atomic E-state index is -0.366. The molecule has 0 aliphatic carbocycles. The molecule has 5 nitrogen and oxygen atoms in total. The summed E-state index contributed by atoms with van der Waals surface area (Å²) in [7, 11) is 0. The Bertz CT molecular complexity index is 621. The lowest BCUT2D eigenvalue weighted by atomic mass is 10.2. The third-order valence-corrected chi connectivity index (χ3v) is 2.95. The quantitative estimate of drug-likeness (QED) is 0.729. The van der Waals surface area contributed by atoms with E-state index in [0.29, 0.717) is 23.7 Å². The molecule has 1 aromatic carbocycles. The molecule has 1 heterocycles. The van der Waals surface area contributed by atoms with Crippen molar-refractivity contribution in [2.45, 2.75) is 12.8 Å². The highest BCUT2D eigenvalue weighted by atomic mass is 35.5. The molecule has 0 atom stereocenters. The Morgan fingerprint density at radius 1 is 1.32 bits per heavy atom. The molecule has 0 aliphatic rings. The fourth-order valence-electron chi connectivity index (χ4n) is 1.79. The van der Waals surface area contributed by atoms with Gasteiger partial charge in [-0.25, -0.2) is 0 Å². The van der Waals surface area contributed by atoms with Gasteiger partial charge < -0.3 is 16.0 Å². The van der Waals surface area contributed by atoms with Crippen LogP contribution >= 0.6 is 11.6 Å². The van der Waals surface area contributed by atoms with Crippen LogP contribution < -0.4 is 11.1 Å². The van der Waals surface area contributed by atoms with Crippen molar-refractivity contribution in [2.24, 2.45) is 5.73 Å². The smallest absolute Gasteiger partial charge is 0.267 e. The molecule has 4 N–H and O–H groups in total. The van der Waals surface area contributed by atoms with Gasteiger partial charge in [0.2, 0.25) is 5.91 Å². The number of nitrogens with one attached hydrogen (secondary N) is 2. The highest BCUT2D eigenvalue weighted by molar-refractivity contribution is 6.31. The Morgan fingerprint density at radius 3 is 2.84 bits per heavy atom. The molecule has 100 valence electrons. The van der Waals surface area contributed by atoms with Crippen LogP contribution in [0.1, 0.15) is 23.3 Å². The first-order valence-electron chi connectivity index (χ1n) is 5.91. The number of benzene rings is 1. The maximum Gasteiger partial charge on any atom is 0.267 e. The number of primary amides is 1.